The highest BCUT2D eigenvalue weighted by Crippen LogP contribution is 2.46. The fraction of sp³-hybridized carbons (Fsp3) is 0.273. The van der Waals surface area contributed by atoms with E-state index in [4.69, 9.17) is 0 Å². The van der Waals surface area contributed by atoms with Gasteiger partial charge in [-0.3, -0.25) is 14.6 Å². The molecule has 142 valence electrons. The van der Waals surface area contributed by atoms with Gasteiger partial charge in [-0.05, 0) is 22.3 Å². The third-order valence-corrected chi connectivity index (χ3v) is 6.31. The van der Waals surface area contributed by atoms with Crippen LogP contribution in [0.25, 0.3) is 11.1 Å². The van der Waals surface area contributed by atoms with Crippen LogP contribution < -0.4 is 5.32 Å². The summed E-state index contributed by atoms with van der Waals surface area (Å²) < 4.78 is 0. The predicted octanol–water partition coefficient (Wildman–Crippen LogP) is 3.47. The van der Waals surface area contributed by atoms with Crippen molar-refractivity contribution in [1.29, 1.82) is 0 Å². The lowest BCUT2D eigenvalue weighted by molar-refractivity contribution is -0.117. The number of aromatic nitrogens is 1. The van der Waals surface area contributed by atoms with Gasteiger partial charge in [-0.2, -0.15) is 0 Å². The average molecular weight is 391 g/mol. The van der Waals surface area contributed by atoms with E-state index in [9.17, 15) is 4.79 Å². The molecule has 1 aromatic heterocycles. The van der Waals surface area contributed by atoms with Crippen LogP contribution in [0.15, 0.2) is 60.1 Å². The van der Waals surface area contributed by atoms with Crippen LogP contribution in [0, 0.1) is 0 Å². The van der Waals surface area contributed by atoms with Crippen molar-refractivity contribution in [2.24, 2.45) is 0 Å². The second-order valence-corrected chi connectivity index (χ2v) is 8.17. The summed E-state index contributed by atoms with van der Waals surface area (Å²) in [6.45, 7) is 4.12. The van der Waals surface area contributed by atoms with Gasteiger partial charge in [0.2, 0.25) is 5.91 Å². The maximum Gasteiger partial charge on any atom is 0.240 e. The molecule has 1 saturated heterocycles. The van der Waals surface area contributed by atoms with Crippen molar-refractivity contribution in [2.75, 3.05) is 38.0 Å². The van der Waals surface area contributed by atoms with Crippen LogP contribution in [0.3, 0.4) is 0 Å². The maximum absolute atomic E-state index is 12.2. The van der Waals surface area contributed by atoms with Gasteiger partial charge in [0.05, 0.1) is 12.6 Å². The Morgan fingerprint density at radius 2 is 1.64 bits per heavy atom. The van der Waals surface area contributed by atoms with Crippen molar-refractivity contribution in [3.05, 3.63) is 71.2 Å². The lowest BCUT2D eigenvalue weighted by atomic mass is 10.0. The third kappa shape index (κ3) is 3.24. The largest absolute Gasteiger partial charge is 0.301 e. The number of hydrogen-bond donors (Lipinski definition) is 1. The zero-order valence-electron chi connectivity index (χ0n) is 15.5. The van der Waals surface area contributed by atoms with E-state index in [0.717, 1.165) is 26.2 Å². The molecule has 2 heterocycles. The van der Waals surface area contributed by atoms with Crippen LogP contribution in [0.4, 0.5) is 5.13 Å². The summed E-state index contributed by atoms with van der Waals surface area (Å²) in [5.41, 5.74) is 5.51. The lowest BCUT2D eigenvalue weighted by Crippen LogP contribution is -2.49. The number of carbonyl (C=O) groups excluding carboxylic acids is 1. The molecule has 2 aromatic carbocycles. The van der Waals surface area contributed by atoms with Gasteiger partial charge < -0.3 is 5.32 Å². The van der Waals surface area contributed by atoms with Crippen molar-refractivity contribution in [3.63, 3.8) is 0 Å². The van der Waals surface area contributed by atoms with Gasteiger partial charge in [0.1, 0.15) is 0 Å². The number of fused-ring (bicyclic) bond motifs is 3. The van der Waals surface area contributed by atoms with Crippen molar-refractivity contribution in [3.8, 4) is 11.1 Å². The summed E-state index contributed by atoms with van der Waals surface area (Å²) in [6.07, 6.45) is 1.70. The summed E-state index contributed by atoms with van der Waals surface area (Å²) in [5.74, 6) is 0.0138. The summed E-state index contributed by atoms with van der Waals surface area (Å²) in [4.78, 5) is 21.1. The second kappa shape index (κ2) is 7.47. The molecule has 5 rings (SSSR count). The van der Waals surface area contributed by atoms with Crippen molar-refractivity contribution < 1.29 is 4.79 Å². The standard InChI is InChI=1S/C22H22N4OS/c27-20(24-22-23-9-14-28-22)15-25-10-12-26(13-11-25)21-18-7-3-1-5-16(18)17-6-2-4-8-19(17)21/h1-9,14,21H,10-13,15H2,(H,23,24,27). The molecule has 1 aliphatic heterocycles. The SMILES string of the molecule is O=C(CN1CCN(C2c3ccccc3-c3ccccc32)CC1)Nc1nccs1. The van der Waals surface area contributed by atoms with Crippen LogP contribution in [0.2, 0.25) is 0 Å². The Hall–Kier alpha value is -2.54. The minimum atomic E-state index is 0.0138. The number of rotatable bonds is 4. The number of thiazole rings is 1. The minimum absolute atomic E-state index is 0.0138. The Morgan fingerprint density at radius 1 is 1.00 bits per heavy atom. The molecule has 1 aliphatic carbocycles. The highest BCUT2D eigenvalue weighted by molar-refractivity contribution is 7.13. The molecule has 28 heavy (non-hydrogen) atoms. The molecule has 5 nitrogen and oxygen atoms in total. The van der Waals surface area contributed by atoms with Crippen molar-refractivity contribution in [1.82, 2.24) is 14.8 Å². The van der Waals surface area contributed by atoms with Gasteiger partial charge in [-0.15, -0.1) is 11.3 Å². The Balaban J connectivity index is 1.26. The van der Waals surface area contributed by atoms with E-state index in [1.807, 2.05) is 5.38 Å². The zero-order valence-corrected chi connectivity index (χ0v) is 16.4. The van der Waals surface area contributed by atoms with Gasteiger partial charge in [-0.25, -0.2) is 4.98 Å². The molecule has 0 atom stereocenters. The number of amides is 1. The topological polar surface area (TPSA) is 48.5 Å². The van der Waals surface area contributed by atoms with Gasteiger partial charge in [0.15, 0.2) is 5.13 Å². The van der Waals surface area contributed by atoms with Gasteiger partial charge in [-0.1, -0.05) is 48.5 Å². The normalized spacial score (nSPS) is 17.3. The fourth-order valence-electron chi connectivity index (χ4n) is 4.35. The van der Waals surface area contributed by atoms with Crippen molar-refractivity contribution >= 4 is 22.4 Å². The molecule has 2 aliphatic rings. The Kier molecular flexibility index (Phi) is 4.68. The third-order valence-electron chi connectivity index (χ3n) is 5.62. The summed E-state index contributed by atoms with van der Waals surface area (Å²) in [5, 5.41) is 5.41. The van der Waals surface area contributed by atoms with Crippen LogP contribution in [0.1, 0.15) is 17.2 Å². The molecule has 3 aromatic rings. The molecule has 6 heteroatoms. The minimum Gasteiger partial charge on any atom is -0.301 e. The van der Waals surface area contributed by atoms with E-state index in [-0.39, 0.29) is 5.91 Å². The number of carbonyl (C=O) groups is 1. The summed E-state index contributed by atoms with van der Waals surface area (Å²) in [7, 11) is 0. The van der Waals surface area contributed by atoms with Gasteiger partial charge in [0.25, 0.3) is 0 Å². The number of nitrogens with one attached hydrogen (secondary N) is 1. The highest BCUT2D eigenvalue weighted by Gasteiger charge is 2.34. The Labute approximate surface area is 168 Å². The monoisotopic (exact) mass is 390 g/mol. The molecule has 0 bridgehead atoms. The van der Waals surface area contributed by atoms with E-state index in [1.54, 1.807) is 6.20 Å². The van der Waals surface area contributed by atoms with Gasteiger partial charge in [0, 0.05) is 37.8 Å². The molecule has 1 N–H and O–H groups in total. The molecule has 0 unspecified atom stereocenters. The van der Waals surface area contributed by atoms with Gasteiger partial charge >= 0.3 is 0 Å². The molecular formula is C22H22N4OS. The van der Waals surface area contributed by atoms with E-state index in [2.05, 4.69) is 68.6 Å². The Morgan fingerprint density at radius 3 is 2.25 bits per heavy atom. The smallest absolute Gasteiger partial charge is 0.240 e. The van der Waals surface area contributed by atoms with E-state index in [1.165, 1.54) is 33.6 Å². The molecule has 1 fully saturated rings. The lowest BCUT2D eigenvalue weighted by Gasteiger charge is -2.38. The molecular weight excluding hydrogens is 368 g/mol. The number of nitrogens with zero attached hydrogens (tertiary/aromatic N) is 3. The highest BCUT2D eigenvalue weighted by atomic mass is 32.1. The Bertz CT molecular complexity index is 934. The number of piperazine rings is 1. The average Bonchev–Trinajstić information content (AvgIpc) is 3.34. The number of benzene rings is 2. The van der Waals surface area contributed by atoms with E-state index >= 15 is 0 Å². The molecule has 0 radical (unpaired) electrons. The van der Waals surface area contributed by atoms with Crippen LogP contribution in [-0.4, -0.2) is 53.4 Å². The van der Waals surface area contributed by atoms with Crippen LogP contribution in [0.5, 0.6) is 0 Å². The first-order chi connectivity index (χ1) is 13.8. The second-order valence-electron chi connectivity index (χ2n) is 7.27. The molecule has 0 spiro atoms. The van der Waals surface area contributed by atoms with E-state index < -0.39 is 0 Å². The fourth-order valence-corrected chi connectivity index (χ4v) is 4.89. The summed E-state index contributed by atoms with van der Waals surface area (Å²) >= 11 is 1.45. The first-order valence-electron chi connectivity index (χ1n) is 9.63. The number of hydrogen-bond acceptors (Lipinski definition) is 5. The van der Waals surface area contributed by atoms with Crippen LogP contribution in [-0.2, 0) is 4.79 Å². The van der Waals surface area contributed by atoms with Crippen molar-refractivity contribution in [2.45, 2.75) is 6.04 Å². The first-order valence-corrected chi connectivity index (χ1v) is 10.5. The quantitative estimate of drug-likeness (QED) is 0.741. The predicted molar refractivity (Wildman–Crippen MR) is 112 cm³/mol. The zero-order chi connectivity index (χ0) is 18.9. The number of anilines is 1. The van der Waals surface area contributed by atoms with Crippen LogP contribution >= 0.6 is 11.3 Å². The molecule has 1 amide bonds. The maximum atomic E-state index is 12.2. The molecule has 0 saturated carbocycles. The first kappa shape index (κ1) is 17.6. The summed E-state index contributed by atoms with van der Waals surface area (Å²) in [6, 6.07) is 17.8. The van der Waals surface area contributed by atoms with E-state index in [0.29, 0.717) is 17.7 Å².